The second-order valence-corrected chi connectivity index (χ2v) is 4.93. The van der Waals surface area contributed by atoms with Gasteiger partial charge in [0, 0.05) is 17.3 Å². The third-order valence-corrected chi connectivity index (χ3v) is 3.70. The number of halogens is 2. The average molecular weight is 286 g/mol. The molecule has 1 heterocycles. The Bertz CT molecular complexity index is 545. The van der Waals surface area contributed by atoms with Crippen LogP contribution in [0.2, 0.25) is 0 Å². The second kappa shape index (κ2) is 5.90. The van der Waals surface area contributed by atoms with E-state index in [1.54, 1.807) is 25.4 Å². The highest BCUT2D eigenvalue weighted by molar-refractivity contribution is 6.17. The van der Waals surface area contributed by atoms with Crippen molar-refractivity contribution in [2.45, 2.75) is 18.1 Å². The fourth-order valence-electron chi connectivity index (χ4n) is 2.33. The van der Waals surface area contributed by atoms with Crippen molar-refractivity contribution in [1.82, 2.24) is 5.32 Å². The molecule has 0 aliphatic rings. The number of hydrogen-bond acceptors (Lipinski definition) is 3. The van der Waals surface area contributed by atoms with E-state index < -0.39 is 18.3 Å². The molecule has 0 saturated heterocycles. The summed E-state index contributed by atoms with van der Waals surface area (Å²) in [5, 5.41) is 14.5. The zero-order valence-electron chi connectivity index (χ0n) is 10.7. The van der Waals surface area contributed by atoms with E-state index in [1.807, 2.05) is 12.1 Å². The number of hydrogen-bond donors (Lipinski definition) is 2. The number of fused-ring (bicyclic) bond motifs is 1. The summed E-state index contributed by atoms with van der Waals surface area (Å²) in [6, 6.07) is 6.57. The lowest BCUT2D eigenvalue weighted by molar-refractivity contribution is -0.0237. The first-order valence-corrected chi connectivity index (χ1v) is 6.68. The van der Waals surface area contributed by atoms with Gasteiger partial charge in [-0.2, -0.15) is 0 Å². The molecule has 5 heteroatoms. The first-order valence-electron chi connectivity index (χ1n) is 6.15. The third kappa shape index (κ3) is 2.61. The molecule has 0 amide bonds. The molecule has 0 aliphatic carbocycles. The lowest BCUT2D eigenvalue weighted by Gasteiger charge is -2.34. The van der Waals surface area contributed by atoms with Crippen molar-refractivity contribution in [3.63, 3.8) is 0 Å². The van der Waals surface area contributed by atoms with Crippen LogP contribution < -0.4 is 5.32 Å². The lowest BCUT2D eigenvalue weighted by atomic mass is 9.85. The Morgan fingerprint density at radius 1 is 1.47 bits per heavy atom. The normalized spacial score (nSPS) is 16.4. The van der Waals surface area contributed by atoms with Gasteiger partial charge in [-0.05, 0) is 31.2 Å². The molecular weight excluding hydrogens is 269 g/mol. The number of likely N-dealkylation sites (N-methyl/N-ethyl adjacent to an activating group) is 1. The highest BCUT2D eigenvalue weighted by Crippen LogP contribution is 2.30. The van der Waals surface area contributed by atoms with Crippen molar-refractivity contribution >= 4 is 22.6 Å². The molecule has 2 unspecified atom stereocenters. The van der Waals surface area contributed by atoms with Gasteiger partial charge in [0.1, 0.15) is 17.9 Å². The smallest absolute Gasteiger partial charge is 0.134 e. The second-order valence-electron chi connectivity index (χ2n) is 4.55. The van der Waals surface area contributed by atoms with E-state index in [4.69, 9.17) is 16.0 Å². The van der Waals surface area contributed by atoms with E-state index in [2.05, 4.69) is 5.32 Å². The van der Waals surface area contributed by atoms with Gasteiger partial charge in [-0.1, -0.05) is 12.1 Å². The van der Waals surface area contributed by atoms with Crippen LogP contribution in [0.3, 0.4) is 0 Å². The van der Waals surface area contributed by atoms with Crippen LogP contribution in [0, 0.1) is 0 Å². The number of aliphatic hydroxyl groups is 1. The summed E-state index contributed by atoms with van der Waals surface area (Å²) in [6.45, 7) is -0.887. The standard InChI is InChI=1S/C14H17ClFNO2/c1-17-13(4-6-15)14(18,9-16)11-3-2-10-5-7-19-12(10)8-11/h2-3,5,7-8,13,17-18H,4,6,9H2,1H3. The Hall–Kier alpha value is -1.10. The van der Waals surface area contributed by atoms with Gasteiger partial charge in [0.25, 0.3) is 0 Å². The molecule has 0 aliphatic heterocycles. The van der Waals surface area contributed by atoms with Gasteiger partial charge < -0.3 is 14.8 Å². The highest BCUT2D eigenvalue weighted by Gasteiger charge is 2.38. The van der Waals surface area contributed by atoms with Crippen LogP contribution in [0.1, 0.15) is 12.0 Å². The predicted octanol–water partition coefficient (Wildman–Crippen LogP) is 2.81. The number of alkyl halides is 2. The van der Waals surface area contributed by atoms with Gasteiger partial charge in [-0.15, -0.1) is 11.6 Å². The maximum absolute atomic E-state index is 13.5. The zero-order valence-corrected chi connectivity index (χ0v) is 11.5. The van der Waals surface area contributed by atoms with E-state index in [9.17, 15) is 9.50 Å². The van der Waals surface area contributed by atoms with Gasteiger partial charge >= 0.3 is 0 Å². The van der Waals surface area contributed by atoms with Gasteiger partial charge in [0.15, 0.2) is 0 Å². The zero-order chi connectivity index (χ0) is 13.9. The Balaban J connectivity index is 2.43. The molecule has 3 nitrogen and oxygen atoms in total. The molecule has 0 bridgehead atoms. The Morgan fingerprint density at radius 3 is 2.89 bits per heavy atom. The molecule has 0 fully saturated rings. The van der Waals surface area contributed by atoms with Crippen LogP contribution >= 0.6 is 11.6 Å². The van der Waals surface area contributed by atoms with Gasteiger partial charge in [0.2, 0.25) is 0 Å². The van der Waals surface area contributed by atoms with Gasteiger partial charge in [0.05, 0.1) is 6.26 Å². The summed E-state index contributed by atoms with van der Waals surface area (Å²) in [7, 11) is 1.68. The highest BCUT2D eigenvalue weighted by atomic mass is 35.5. The molecule has 0 saturated carbocycles. The van der Waals surface area contributed by atoms with E-state index in [0.717, 1.165) is 5.39 Å². The monoisotopic (exact) mass is 285 g/mol. The Labute approximate surface area is 116 Å². The summed E-state index contributed by atoms with van der Waals surface area (Å²) in [4.78, 5) is 0. The fraction of sp³-hybridized carbons (Fsp3) is 0.429. The first-order chi connectivity index (χ1) is 9.15. The average Bonchev–Trinajstić information content (AvgIpc) is 2.91. The fourth-order valence-corrected chi connectivity index (χ4v) is 2.54. The SMILES string of the molecule is CNC(CCCl)C(O)(CF)c1ccc2ccoc2c1. The van der Waals surface area contributed by atoms with E-state index >= 15 is 0 Å². The molecule has 2 N–H and O–H groups in total. The van der Waals surface area contributed by atoms with Crippen LogP contribution in [0.5, 0.6) is 0 Å². The molecule has 2 rings (SSSR count). The van der Waals surface area contributed by atoms with Crippen molar-refractivity contribution in [3.05, 3.63) is 36.1 Å². The molecule has 2 atom stereocenters. The number of rotatable bonds is 6. The number of furan rings is 1. The molecule has 0 radical (unpaired) electrons. The van der Waals surface area contributed by atoms with E-state index in [1.165, 1.54) is 0 Å². The molecule has 2 aromatic rings. The summed E-state index contributed by atoms with van der Waals surface area (Å²) in [5.41, 5.74) is -0.489. The lowest BCUT2D eigenvalue weighted by Crippen LogP contribution is -2.49. The Kier molecular flexibility index (Phi) is 4.45. The minimum absolute atomic E-state index is 0.344. The predicted molar refractivity (Wildman–Crippen MR) is 74.3 cm³/mol. The molecule has 1 aromatic carbocycles. The summed E-state index contributed by atoms with van der Waals surface area (Å²) in [6.07, 6.45) is 2.03. The van der Waals surface area contributed by atoms with Crippen LogP contribution in [0.4, 0.5) is 4.39 Å². The van der Waals surface area contributed by atoms with E-state index in [0.29, 0.717) is 23.4 Å². The molecular formula is C14H17ClFNO2. The van der Waals surface area contributed by atoms with Crippen molar-refractivity contribution < 1.29 is 13.9 Å². The van der Waals surface area contributed by atoms with Crippen molar-refractivity contribution in [1.29, 1.82) is 0 Å². The summed E-state index contributed by atoms with van der Waals surface area (Å²) < 4.78 is 18.7. The van der Waals surface area contributed by atoms with Crippen LogP contribution in [-0.2, 0) is 5.60 Å². The minimum Gasteiger partial charge on any atom is -0.464 e. The largest absolute Gasteiger partial charge is 0.464 e. The topological polar surface area (TPSA) is 45.4 Å². The van der Waals surface area contributed by atoms with Crippen molar-refractivity contribution in [3.8, 4) is 0 Å². The number of nitrogens with one attached hydrogen (secondary N) is 1. The summed E-state index contributed by atoms with van der Waals surface area (Å²) in [5.74, 6) is 0.344. The summed E-state index contributed by atoms with van der Waals surface area (Å²) >= 11 is 5.71. The van der Waals surface area contributed by atoms with Crippen molar-refractivity contribution in [2.75, 3.05) is 19.6 Å². The minimum atomic E-state index is -1.61. The van der Waals surface area contributed by atoms with Gasteiger partial charge in [-0.3, -0.25) is 0 Å². The maximum Gasteiger partial charge on any atom is 0.134 e. The molecule has 19 heavy (non-hydrogen) atoms. The molecule has 0 spiro atoms. The van der Waals surface area contributed by atoms with Crippen LogP contribution in [0.25, 0.3) is 11.0 Å². The van der Waals surface area contributed by atoms with Crippen LogP contribution in [0.15, 0.2) is 34.9 Å². The third-order valence-electron chi connectivity index (χ3n) is 3.48. The van der Waals surface area contributed by atoms with Crippen LogP contribution in [-0.4, -0.2) is 30.8 Å². The van der Waals surface area contributed by atoms with Crippen molar-refractivity contribution in [2.24, 2.45) is 0 Å². The Morgan fingerprint density at radius 2 is 2.26 bits per heavy atom. The number of benzene rings is 1. The quantitative estimate of drug-likeness (QED) is 0.802. The van der Waals surface area contributed by atoms with E-state index in [-0.39, 0.29) is 0 Å². The maximum atomic E-state index is 13.5. The first kappa shape index (κ1) is 14.3. The molecule has 104 valence electrons. The van der Waals surface area contributed by atoms with Gasteiger partial charge in [-0.25, -0.2) is 4.39 Å². The molecule has 1 aromatic heterocycles.